The first kappa shape index (κ1) is 23.7. The molecular weight excluding hydrogens is 388 g/mol. The minimum atomic E-state index is -0.692. The highest BCUT2D eigenvalue weighted by atomic mass is 16.6. The molecule has 3 aliphatic carbocycles. The van der Waals surface area contributed by atoms with Gasteiger partial charge in [-0.25, -0.2) is 0 Å². The first-order valence-corrected chi connectivity index (χ1v) is 12.7. The van der Waals surface area contributed by atoms with E-state index in [0.29, 0.717) is 24.2 Å². The third-order valence-electron chi connectivity index (χ3n) is 10.5. The van der Waals surface area contributed by atoms with E-state index in [1.54, 1.807) is 0 Å². The summed E-state index contributed by atoms with van der Waals surface area (Å²) in [7, 11) is 0. The Morgan fingerprint density at radius 3 is 2.29 bits per heavy atom. The van der Waals surface area contributed by atoms with Crippen molar-refractivity contribution in [3.63, 3.8) is 0 Å². The monoisotopic (exact) mass is 434 g/mol. The van der Waals surface area contributed by atoms with E-state index in [-0.39, 0.29) is 22.9 Å². The molecular formula is C27H46O4. The van der Waals surface area contributed by atoms with Crippen molar-refractivity contribution < 1.29 is 20.1 Å². The smallest absolute Gasteiger partial charge is 0.154 e. The maximum atomic E-state index is 11.4. The SMILES string of the molecule is CC1=CCC2C(CCC2(C)O)C(C)(C)C1CCC1C(C)(O)CCC2OC(O)CCC21C. The van der Waals surface area contributed by atoms with E-state index in [2.05, 4.69) is 33.8 Å². The average molecular weight is 435 g/mol. The molecule has 178 valence electrons. The number of aliphatic hydroxyl groups excluding tert-OH is 1. The molecule has 3 N–H and O–H groups in total. The fourth-order valence-electron chi connectivity index (χ4n) is 8.56. The van der Waals surface area contributed by atoms with Crippen LogP contribution in [0.5, 0.6) is 0 Å². The van der Waals surface area contributed by atoms with E-state index in [9.17, 15) is 15.3 Å². The third kappa shape index (κ3) is 3.94. The molecule has 0 aromatic heterocycles. The van der Waals surface area contributed by atoms with Gasteiger partial charge in [-0.2, -0.15) is 0 Å². The molecule has 0 spiro atoms. The first-order valence-electron chi connectivity index (χ1n) is 12.7. The van der Waals surface area contributed by atoms with Crippen LogP contribution in [0, 0.1) is 34.5 Å². The van der Waals surface area contributed by atoms with E-state index in [4.69, 9.17) is 4.74 Å². The van der Waals surface area contributed by atoms with E-state index in [1.807, 2.05) is 13.8 Å². The van der Waals surface area contributed by atoms with Gasteiger partial charge in [-0.3, -0.25) is 0 Å². The van der Waals surface area contributed by atoms with Crippen LogP contribution in [0.3, 0.4) is 0 Å². The zero-order valence-corrected chi connectivity index (χ0v) is 20.7. The van der Waals surface area contributed by atoms with Gasteiger partial charge in [0.05, 0.1) is 17.3 Å². The summed E-state index contributed by atoms with van der Waals surface area (Å²) in [4.78, 5) is 0. The Morgan fingerprint density at radius 1 is 0.903 bits per heavy atom. The average Bonchev–Trinajstić information content (AvgIpc) is 2.92. The molecule has 4 rings (SSSR count). The summed E-state index contributed by atoms with van der Waals surface area (Å²) in [5, 5.41) is 32.5. The van der Waals surface area contributed by atoms with Crippen LogP contribution in [-0.2, 0) is 4.74 Å². The number of fused-ring (bicyclic) bond motifs is 2. The molecule has 0 radical (unpaired) electrons. The van der Waals surface area contributed by atoms with Crippen LogP contribution in [0.2, 0.25) is 0 Å². The second-order valence-corrected chi connectivity index (χ2v) is 12.8. The van der Waals surface area contributed by atoms with Crippen LogP contribution in [-0.4, -0.2) is 38.9 Å². The first-order chi connectivity index (χ1) is 14.3. The minimum absolute atomic E-state index is 0.0366. The second-order valence-electron chi connectivity index (χ2n) is 12.8. The third-order valence-corrected chi connectivity index (χ3v) is 10.5. The van der Waals surface area contributed by atoms with Crippen LogP contribution >= 0.6 is 0 Å². The van der Waals surface area contributed by atoms with Gasteiger partial charge in [-0.15, -0.1) is 0 Å². The highest BCUT2D eigenvalue weighted by molar-refractivity contribution is 5.17. The highest BCUT2D eigenvalue weighted by Gasteiger charge is 2.57. The predicted molar refractivity (Wildman–Crippen MR) is 123 cm³/mol. The molecule has 3 fully saturated rings. The Labute approximate surface area is 189 Å². The van der Waals surface area contributed by atoms with E-state index >= 15 is 0 Å². The predicted octanol–water partition coefficient (Wildman–Crippen LogP) is 5.20. The van der Waals surface area contributed by atoms with Crippen LogP contribution in [0.4, 0.5) is 0 Å². The fourth-order valence-corrected chi connectivity index (χ4v) is 8.56. The molecule has 0 aromatic rings. The summed E-state index contributed by atoms with van der Waals surface area (Å²) in [6.45, 7) is 13.5. The fraction of sp³-hybridized carbons (Fsp3) is 0.926. The minimum Gasteiger partial charge on any atom is -0.390 e. The highest BCUT2D eigenvalue weighted by Crippen LogP contribution is 2.59. The number of aliphatic hydroxyl groups is 3. The summed E-state index contributed by atoms with van der Waals surface area (Å²) < 4.78 is 5.98. The van der Waals surface area contributed by atoms with Crippen LogP contribution < -0.4 is 0 Å². The van der Waals surface area contributed by atoms with Crippen molar-refractivity contribution >= 4 is 0 Å². The second kappa shape index (κ2) is 7.82. The van der Waals surface area contributed by atoms with Crippen molar-refractivity contribution in [2.24, 2.45) is 34.5 Å². The Hall–Kier alpha value is -0.420. The van der Waals surface area contributed by atoms with Gasteiger partial charge in [0.2, 0.25) is 0 Å². The maximum Gasteiger partial charge on any atom is 0.154 e. The Bertz CT molecular complexity index is 708. The zero-order chi connectivity index (χ0) is 22.8. The van der Waals surface area contributed by atoms with Gasteiger partial charge >= 0.3 is 0 Å². The molecule has 31 heavy (non-hydrogen) atoms. The molecule has 1 heterocycles. The van der Waals surface area contributed by atoms with Gasteiger partial charge in [0.25, 0.3) is 0 Å². The summed E-state index contributed by atoms with van der Waals surface area (Å²) in [5.41, 5.74) is 0.252. The number of allylic oxidation sites excluding steroid dienone is 2. The molecule has 4 nitrogen and oxygen atoms in total. The van der Waals surface area contributed by atoms with Gasteiger partial charge < -0.3 is 20.1 Å². The summed E-state index contributed by atoms with van der Waals surface area (Å²) in [5.74, 6) is 1.51. The molecule has 4 aliphatic rings. The summed E-state index contributed by atoms with van der Waals surface area (Å²) >= 11 is 0. The van der Waals surface area contributed by atoms with Gasteiger partial charge in [0.1, 0.15) is 0 Å². The topological polar surface area (TPSA) is 69.9 Å². The maximum absolute atomic E-state index is 11.4. The lowest BCUT2D eigenvalue weighted by Gasteiger charge is -2.57. The molecule has 0 amide bonds. The van der Waals surface area contributed by atoms with Crippen LogP contribution in [0.15, 0.2) is 11.6 Å². The quantitative estimate of drug-likeness (QED) is 0.534. The van der Waals surface area contributed by atoms with Crippen LogP contribution in [0.1, 0.15) is 99.3 Å². The molecule has 0 bridgehead atoms. The summed E-state index contributed by atoms with van der Waals surface area (Å²) in [6, 6.07) is 0. The lowest BCUT2D eigenvalue weighted by Crippen LogP contribution is -2.58. The van der Waals surface area contributed by atoms with Crippen molar-refractivity contribution in [2.75, 3.05) is 0 Å². The number of hydrogen-bond donors (Lipinski definition) is 3. The van der Waals surface area contributed by atoms with Gasteiger partial charge in [0, 0.05) is 0 Å². The lowest BCUT2D eigenvalue weighted by molar-refractivity contribution is -0.258. The van der Waals surface area contributed by atoms with E-state index in [1.165, 1.54) is 5.57 Å². The largest absolute Gasteiger partial charge is 0.390 e. The van der Waals surface area contributed by atoms with Gasteiger partial charge in [-0.05, 0) is 113 Å². The molecule has 9 unspecified atom stereocenters. The van der Waals surface area contributed by atoms with Crippen molar-refractivity contribution in [1.29, 1.82) is 0 Å². The van der Waals surface area contributed by atoms with Crippen molar-refractivity contribution in [2.45, 2.75) is 123 Å². The summed E-state index contributed by atoms with van der Waals surface area (Å²) in [6.07, 6.45) is 9.95. The normalized spacial score (nSPS) is 52.1. The van der Waals surface area contributed by atoms with Gasteiger partial charge in [0.15, 0.2) is 6.29 Å². The molecule has 9 atom stereocenters. The Morgan fingerprint density at radius 2 is 1.58 bits per heavy atom. The van der Waals surface area contributed by atoms with Gasteiger partial charge in [-0.1, -0.05) is 32.4 Å². The lowest BCUT2D eigenvalue weighted by atomic mass is 9.54. The number of rotatable bonds is 3. The van der Waals surface area contributed by atoms with E-state index < -0.39 is 17.5 Å². The van der Waals surface area contributed by atoms with Crippen LogP contribution in [0.25, 0.3) is 0 Å². The van der Waals surface area contributed by atoms with Crippen molar-refractivity contribution in [1.82, 2.24) is 0 Å². The Balaban J connectivity index is 1.57. The zero-order valence-electron chi connectivity index (χ0n) is 20.7. The number of hydrogen-bond acceptors (Lipinski definition) is 4. The molecule has 4 heteroatoms. The molecule has 1 saturated heterocycles. The molecule has 2 saturated carbocycles. The molecule has 1 aliphatic heterocycles. The van der Waals surface area contributed by atoms with E-state index in [0.717, 1.165) is 51.4 Å². The Kier molecular flexibility index (Phi) is 5.99. The van der Waals surface area contributed by atoms with Crippen molar-refractivity contribution in [3.8, 4) is 0 Å². The number of ether oxygens (including phenoxy) is 1. The standard InChI is InChI=1S/C27H46O4/c1-17-7-8-20-19(11-15-26(20,5)29)24(2,3)18(17)9-10-21-25(4)14-13-23(28)31-22(25)12-16-27(21,6)30/h7,18-23,28-30H,8-16H2,1-6H3. The molecule has 0 aromatic carbocycles. The van der Waals surface area contributed by atoms with Crippen molar-refractivity contribution in [3.05, 3.63) is 11.6 Å².